The molecule has 0 saturated carbocycles. The third-order valence-corrected chi connectivity index (χ3v) is 12.2. The van der Waals surface area contributed by atoms with Crippen LogP contribution in [-0.2, 0) is 48.0 Å². The predicted octanol–water partition coefficient (Wildman–Crippen LogP) is 4.24. The number of nitrogens with zero attached hydrogens (tertiary/aromatic N) is 8. The monoisotopic (exact) mass is 970 g/mol. The van der Waals surface area contributed by atoms with Crippen molar-refractivity contribution in [2.75, 3.05) is 12.3 Å². The number of carboxylic acid groups (broad SMARTS) is 1. The van der Waals surface area contributed by atoms with Gasteiger partial charge in [0.1, 0.15) is 17.6 Å². The van der Waals surface area contributed by atoms with Gasteiger partial charge in [0.05, 0.1) is 17.9 Å². The predicted molar refractivity (Wildman–Crippen MR) is 258 cm³/mol. The number of fused-ring (bicyclic) bond motifs is 1. The average Bonchev–Trinajstić information content (AvgIpc) is 4.00. The van der Waals surface area contributed by atoms with Crippen molar-refractivity contribution in [1.29, 1.82) is 0 Å². The molecule has 0 unspecified atom stereocenters. The Hall–Kier alpha value is -7.97. The molecule has 4 amide bonds. The summed E-state index contributed by atoms with van der Waals surface area (Å²) in [6.45, 7) is 7.25. The maximum absolute atomic E-state index is 13.6. The number of carbonyl (C=O) groups excluding carboxylic acids is 7. The number of tetrazole rings is 1. The molecule has 2 aromatic carbocycles. The highest BCUT2D eigenvalue weighted by Crippen LogP contribution is 2.25. The third-order valence-electron chi connectivity index (χ3n) is 12.2. The molecular formula is C50H58N12O9. The van der Waals surface area contributed by atoms with Crippen molar-refractivity contribution in [1.82, 2.24) is 56.1 Å². The number of amides is 4. The van der Waals surface area contributed by atoms with Crippen molar-refractivity contribution in [3.8, 4) is 11.4 Å². The number of rotatable bonds is 27. The SMILES string of the molecule is Cc1nc(N)c2nc(CCc3ccc(C(=O)N[C@@H](CCCCC(=O)c4ccc(CC(=O)[C@H](C)NC(=O)[C@@H](CC(=O)CCCCCN5C(=O)C=CC5=O)C(C)C)cc4-c4nn[nH]n4)C(=O)O)cc3)cnc2n1. The number of ketones is 3. The zero-order chi connectivity index (χ0) is 51.2. The van der Waals surface area contributed by atoms with Crippen molar-refractivity contribution in [2.45, 2.75) is 117 Å². The van der Waals surface area contributed by atoms with Gasteiger partial charge in [0.15, 0.2) is 28.5 Å². The molecule has 4 heterocycles. The second-order valence-corrected chi connectivity index (χ2v) is 18.0. The summed E-state index contributed by atoms with van der Waals surface area (Å²) in [5.41, 5.74) is 9.91. The van der Waals surface area contributed by atoms with Gasteiger partial charge >= 0.3 is 5.97 Å². The van der Waals surface area contributed by atoms with E-state index in [2.05, 4.69) is 51.2 Å². The van der Waals surface area contributed by atoms with Crippen LogP contribution in [-0.4, -0.2) is 116 Å². The number of hydrogen-bond donors (Lipinski definition) is 5. The van der Waals surface area contributed by atoms with E-state index < -0.39 is 35.8 Å². The van der Waals surface area contributed by atoms with Gasteiger partial charge in [-0.3, -0.25) is 38.5 Å². The average molecular weight is 971 g/mol. The van der Waals surface area contributed by atoms with Crippen LogP contribution >= 0.6 is 0 Å². The first-order valence-corrected chi connectivity index (χ1v) is 23.6. The fraction of sp³-hybridized carbons (Fsp3) is 0.420. The molecule has 3 aromatic heterocycles. The Kier molecular flexibility index (Phi) is 18.1. The minimum Gasteiger partial charge on any atom is -0.480 e. The van der Waals surface area contributed by atoms with E-state index in [4.69, 9.17) is 5.73 Å². The number of nitrogens with two attached hydrogens (primary N) is 1. The number of Topliss-reactive ketones (excluding diaryl/α,β-unsaturated/α-hetero) is 3. The van der Waals surface area contributed by atoms with Crippen LogP contribution in [0, 0.1) is 18.8 Å². The summed E-state index contributed by atoms with van der Waals surface area (Å²) in [5.74, 6) is -3.49. The lowest BCUT2D eigenvalue weighted by Crippen LogP contribution is -2.44. The van der Waals surface area contributed by atoms with E-state index in [1.54, 1.807) is 62.5 Å². The van der Waals surface area contributed by atoms with Crippen LogP contribution in [0.5, 0.6) is 0 Å². The second-order valence-electron chi connectivity index (χ2n) is 18.0. The first kappa shape index (κ1) is 52.4. The van der Waals surface area contributed by atoms with E-state index in [0.29, 0.717) is 78.8 Å². The number of aliphatic carboxylic acids is 1. The number of carboxylic acids is 1. The van der Waals surface area contributed by atoms with Gasteiger partial charge in [-0.1, -0.05) is 51.0 Å². The van der Waals surface area contributed by atoms with E-state index in [0.717, 1.165) is 10.5 Å². The number of aromatic amines is 1. The smallest absolute Gasteiger partial charge is 0.326 e. The highest BCUT2D eigenvalue weighted by Gasteiger charge is 2.29. The zero-order valence-corrected chi connectivity index (χ0v) is 40.1. The van der Waals surface area contributed by atoms with Crippen LogP contribution in [0.2, 0.25) is 0 Å². The molecule has 0 bridgehead atoms. The number of nitrogens with one attached hydrogen (secondary N) is 3. The minimum absolute atomic E-state index is 0.00813. The minimum atomic E-state index is -1.21. The largest absolute Gasteiger partial charge is 0.480 e. The fourth-order valence-electron chi connectivity index (χ4n) is 8.12. The molecule has 0 fully saturated rings. The lowest BCUT2D eigenvalue weighted by Gasteiger charge is -2.22. The molecule has 0 spiro atoms. The maximum Gasteiger partial charge on any atom is 0.326 e. The van der Waals surface area contributed by atoms with Gasteiger partial charge in [-0.05, 0) is 92.8 Å². The Bertz CT molecular complexity index is 2790. The van der Waals surface area contributed by atoms with Gasteiger partial charge in [0.2, 0.25) is 11.7 Å². The van der Waals surface area contributed by atoms with Crippen LogP contribution in [0.15, 0.2) is 60.8 Å². The van der Waals surface area contributed by atoms with Crippen LogP contribution in [0.1, 0.15) is 122 Å². The second kappa shape index (κ2) is 24.5. The number of unbranched alkanes of at least 4 members (excludes halogenated alkanes) is 3. The van der Waals surface area contributed by atoms with Crippen LogP contribution < -0.4 is 16.4 Å². The summed E-state index contributed by atoms with van der Waals surface area (Å²) in [6, 6.07) is 9.54. The van der Waals surface area contributed by atoms with Crippen molar-refractivity contribution < 1.29 is 43.5 Å². The molecule has 21 nitrogen and oxygen atoms in total. The van der Waals surface area contributed by atoms with Gasteiger partial charge in [-0.15, -0.1) is 10.2 Å². The summed E-state index contributed by atoms with van der Waals surface area (Å²) >= 11 is 0. The van der Waals surface area contributed by atoms with E-state index >= 15 is 0 Å². The highest BCUT2D eigenvalue weighted by atomic mass is 16.4. The molecule has 3 atom stereocenters. The molecule has 1 aliphatic heterocycles. The first-order chi connectivity index (χ1) is 34.0. The first-order valence-electron chi connectivity index (χ1n) is 23.6. The van der Waals surface area contributed by atoms with Crippen LogP contribution in [0.4, 0.5) is 5.82 Å². The van der Waals surface area contributed by atoms with Gasteiger partial charge in [-0.2, -0.15) is 5.21 Å². The normalized spacial score (nSPS) is 13.6. The van der Waals surface area contributed by atoms with Crippen LogP contribution in [0.25, 0.3) is 22.6 Å². The number of anilines is 1. The Morgan fingerprint density at radius 3 is 2.24 bits per heavy atom. The van der Waals surface area contributed by atoms with Crippen LogP contribution in [0.3, 0.4) is 0 Å². The number of hydrogen-bond acceptors (Lipinski definition) is 16. The molecule has 1 aliphatic rings. The topological polar surface area (TPSA) is 316 Å². The lowest BCUT2D eigenvalue weighted by molar-refractivity contribution is -0.139. The molecule has 372 valence electrons. The Morgan fingerprint density at radius 2 is 1.55 bits per heavy atom. The molecule has 6 N–H and O–H groups in total. The standard InChI is InChI=1S/C50H58N12O9/c1-28(2)37(26-35(63)10-6-5-9-23-62-42(66)21-22-43(62)67)49(69)53-29(3)41(65)25-32-16-20-36(38(24-32)46-58-60-61-59-46)40(64)12-8-7-11-39(50(70)71)57-48(68)33-17-13-31(14-18-33)15-19-34-27-52-47-44(56-34)45(51)54-30(4)55-47/h13-14,16-18,20-22,24,27-29,37,39H,5-12,15,19,23,25-26H2,1-4H3,(H,53,69)(H,57,68)(H,70,71)(H2,51,52,54,55)(H,58,59,60,61)/t29-,37-,39-/m0/s1. The molecule has 5 aromatic rings. The van der Waals surface area contributed by atoms with E-state index in [1.807, 2.05) is 13.8 Å². The van der Waals surface area contributed by atoms with Crippen molar-refractivity contribution in [2.24, 2.45) is 11.8 Å². The highest BCUT2D eigenvalue weighted by molar-refractivity contribution is 6.12. The number of carbonyl (C=O) groups is 8. The van der Waals surface area contributed by atoms with Gasteiger partial charge in [0, 0.05) is 67.0 Å². The van der Waals surface area contributed by atoms with E-state index in [9.17, 15) is 43.5 Å². The Labute approximate surface area is 409 Å². The number of H-pyrrole nitrogens is 1. The van der Waals surface area contributed by atoms with E-state index in [-0.39, 0.29) is 96.5 Å². The number of imide groups is 1. The number of aromatic nitrogens is 8. The maximum atomic E-state index is 13.6. The summed E-state index contributed by atoms with van der Waals surface area (Å²) in [5, 5.41) is 29.4. The van der Waals surface area contributed by atoms with Crippen molar-refractivity contribution in [3.05, 3.63) is 94.6 Å². The summed E-state index contributed by atoms with van der Waals surface area (Å²) in [4.78, 5) is 121. The number of nitrogen functional groups attached to an aromatic ring is 1. The van der Waals surface area contributed by atoms with Gasteiger partial charge < -0.3 is 21.5 Å². The zero-order valence-electron chi connectivity index (χ0n) is 40.1. The summed E-state index contributed by atoms with van der Waals surface area (Å²) in [7, 11) is 0. The lowest BCUT2D eigenvalue weighted by atomic mass is 9.88. The van der Waals surface area contributed by atoms with Gasteiger partial charge in [0.25, 0.3) is 17.7 Å². The Balaban J connectivity index is 0.952. The summed E-state index contributed by atoms with van der Waals surface area (Å²) < 4.78 is 0. The third kappa shape index (κ3) is 14.5. The van der Waals surface area contributed by atoms with Crippen molar-refractivity contribution >= 4 is 63.9 Å². The Morgan fingerprint density at radius 1 is 0.831 bits per heavy atom. The molecule has 0 radical (unpaired) electrons. The molecule has 0 saturated heterocycles. The number of aryl methyl sites for hydroxylation is 3. The fourth-order valence-corrected chi connectivity index (χ4v) is 8.12. The van der Waals surface area contributed by atoms with E-state index in [1.165, 1.54) is 12.2 Å². The molecule has 21 heteroatoms. The number of benzene rings is 2. The molecule has 0 aliphatic carbocycles. The van der Waals surface area contributed by atoms with Crippen molar-refractivity contribution in [3.63, 3.8) is 0 Å². The molecule has 6 rings (SSSR count). The quantitative estimate of drug-likeness (QED) is 0.0279. The van der Waals surface area contributed by atoms with Gasteiger partial charge in [-0.25, -0.2) is 24.7 Å². The molecule has 71 heavy (non-hydrogen) atoms. The summed E-state index contributed by atoms with van der Waals surface area (Å²) in [6.07, 6.45) is 7.88. The molecular weight excluding hydrogens is 913 g/mol.